The maximum atomic E-state index is 11.8. The van der Waals surface area contributed by atoms with E-state index in [1.54, 1.807) is 13.2 Å². The van der Waals surface area contributed by atoms with Crippen molar-refractivity contribution in [2.75, 3.05) is 19.5 Å². The number of rotatable bonds is 8. The fourth-order valence-corrected chi connectivity index (χ4v) is 2.06. The van der Waals surface area contributed by atoms with E-state index in [0.29, 0.717) is 37.4 Å². The Morgan fingerprint density at radius 2 is 1.87 bits per heavy atom. The summed E-state index contributed by atoms with van der Waals surface area (Å²) in [5.41, 5.74) is 7.42. The maximum Gasteiger partial charge on any atom is 0.220 e. The summed E-state index contributed by atoms with van der Waals surface area (Å²) in [6.07, 6.45) is 1.06. The van der Waals surface area contributed by atoms with Crippen molar-refractivity contribution in [3.8, 4) is 11.5 Å². The number of carbonyl (C=O) groups is 1. The molecule has 0 aliphatic rings. The minimum atomic E-state index is 0.00505. The topological polar surface area (TPSA) is 73.6 Å². The predicted molar refractivity (Wildman–Crippen MR) is 90.4 cm³/mol. The molecule has 0 aliphatic carbocycles. The number of para-hydroxylation sites is 2. The van der Waals surface area contributed by atoms with Crippen LogP contribution in [0.4, 0.5) is 5.69 Å². The molecule has 0 spiro atoms. The number of carbonyl (C=O) groups excluding carboxylic acids is 1. The van der Waals surface area contributed by atoms with Crippen molar-refractivity contribution in [2.24, 2.45) is 0 Å². The van der Waals surface area contributed by atoms with Gasteiger partial charge in [-0.1, -0.05) is 24.3 Å². The van der Waals surface area contributed by atoms with Crippen molar-refractivity contribution in [1.29, 1.82) is 0 Å². The van der Waals surface area contributed by atoms with Crippen molar-refractivity contribution >= 4 is 11.6 Å². The second-order valence-electron chi connectivity index (χ2n) is 5.11. The predicted octanol–water partition coefficient (Wildman–Crippen LogP) is 2.75. The van der Waals surface area contributed by atoms with E-state index in [9.17, 15) is 4.79 Å². The number of nitrogens with one attached hydrogen (secondary N) is 1. The van der Waals surface area contributed by atoms with Crippen molar-refractivity contribution in [2.45, 2.75) is 19.4 Å². The van der Waals surface area contributed by atoms with Crippen LogP contribution in [0.3, 0.4) is 0 Å². The van der Waals surface area contributed by atoms with E-state index < -0.39 is 0 Å². The van der Waals surface area contributed by atoms with Gasteiger partial charge >= 0.3 is 0 Å². The standard InChI is InChI=1S/C18H22N2O3/c1-22-15-10-8-14(9-11-15)13-20-18(21)7-4-12-23-17-6-3-2-5-16(17)19/h2-3,5-6,8-11H,4,7,12-13,19H2,1H3,(H,20,21). The summed E-state index contributed by atoms with van der Waals surface area (Å²) in [7, 11) is 1.63. The summed E-state index contributed by atoms with van der Waals surface area (Å²) in [4.78, 5) is 11.8. The molecule has 0 heterocycles. The maximum absolute atomic E-state index is 11.8. The summed E-state index contributed by atoms with van der Waals surface area (Å²) in [5, 5.41) is 2.89. The molecule has 122 valence electrons. The molecule has 0 saturated carbocycles. The molecular weight excluding hydrogens is 292 g/mol. The Hall–Kier alpha value is -2.69. The van der Waals surface area contributed by atoms with Gasteiger partial charge in [-0.3, -0.25) is 4.79 Å². The first-order valence-corrected chi connectivity index (χ1v) is 7.56. The lowest BCUT2D eigenvalue weighted by molar-refractivity contribution is -0.121. The van der Waals surface area contributed by atoms with Crippen molar-refractivity contribution in [1.82, 2.24) is 5.32 Å². The van der Waals surface area contributed by atoms with E-state index >= 15 is 0 Å². The molecule has 5 heteroatoms. The smallest absolute Gasteiger partial charge is 0.220 e. The summed E-state index contributed by atoms with van der Waals surface area (Å²) in [5.74, 6) is 1.47. The summed E-state index contributed by atoms with van der Waals surface area (Å²) in [6, 6.07) is 14.9. The average molecular weight is 314 g/mol. The molecule has 2 rings (SSSR count). The number of ether oxygens (including phenoxy) is 2. The second-order valence-corrected chi connectivity index (χ2v) is 5.11. The van der Waals surface area contributed by atoms with Crippen molar-refractivity contribution in [3.05, 3.63) is 54.1 Å². The minimum absolute atomic E-state index is 0.00505. The molecule has 1 amide bonds. The molecule has 0 radical (unpaired) electrons. The van der Waals surface area contributed by atoms with E-state index in [1.165, 1.54) is 0 Å². The van der Waals surface area contributed by atoms with Gasteiger partial charge in [-0.15, -0.1) is 0 Å². The van der Waals surface area contributed by atoms with Crippen LogP contribution in [0, 0.1) is 0 Å². The lowest BCUT2D eigenvalue weighted by atomic mass is 10.2. The highest BCUT2D eigenvalue weighted by atomic mass is 16.5. The first-order chi connectivity index (χ1) is 11.2. The third-order valence-corrected chi connectivity index (χ3v) is 3.37. The molecular formula is C18H22N2O3. The van der Waals surface area contributed by atoms with Gasteiger partial charge in [0, 0.05) is 13.0 Å². The number of nitrogens with two attached hydrogens (primary N) is 1. The Balaban J connectivity index is 1.64. The Bertz CT molecular complexity index is 626. The van der Waals surface area contributed by atoms with Gasteiger partial charge in [-0.05, 0) is 36.2 Å². The third-order valence-electron chi connectivity index (χ3n) is 3.37. The normalized spacial score (nSPS) is 10.1. The van der Waals surface area contributed by atoms with E-state index in [2.05, 4.69) is 5.32 Å². The summed E-state index contributed by atoms with van der Waals surface area (Å²) in [6.45, 7) is 0.972. The first-order valence-electron chi connectivity index (χ1n) is 7.56. The van der Waals surface area contributed by atoms with Gasteiger partial charge in [0.1, 0.15) is 11.5 Å². The molecule has 0 bridgehead atoms. The van der Waals surface area contributed by atoms with Crippen LogP contribution in [0.5, 0.6) is 11.5 Å². The number of methoxy groups -OCH3 is 1. The summed E-state index contributed by atoms with van der Waals surface area (Å²) >= 11 is 0. The molecule has 3 N–H and O–H groups in total. The molecule has 2 aromatic rings. The van der Waals surface area contributed by atoms with Gasteiger partial charge in [0.25, 0.3) is 0 Å². The second kappa shape index (κ2) is 8.68. The molecule has 0 saturated heterocycles. The Morgan fingerprint density at radius 3 is 2.57 bits per heavy atom. The van der Waals surface area contributed by atoms with Gasteiger partial charge < -0.3 is 20.5 Å². The molecule has 0 aliphatic heterocycles. The zero-order valence-corrected chi connectivity index (χ0v) is 13.2. The van der Waals surface area contributed by atoms with Crippen LogP contribution in [0.1, 0.15) is 18.4 Å². The molecule has 0 unspecified atom stereocenters. The van der Waals surface area contributed by atoms with Crippen molar-refractivity contribution < 1.29 is 14.3 Å². The number of hydrogen-bond acceptors (Lipinski definition) is 4. The lowest BCUT2D eigenvalue weighted by Gasteiger charge is -2.09. The van der Waals surface area contributed by atoms with Gasteiger partial charge in [0.2, 0.25) is 5.91 Å². The van der Waals surface area contributed by atoms with Gasteiger partial charge in [0.05, 0.1) is 19.4 Å². The Morgan fingerprint density at radius 1 is 1.13 bits per heavy atom. The van der Waals surface area contributed by atoms with Crippen LogP contribution in [-0.4, -0.2) is 19.6 Å². The van der Waals surface area contributed by atoms with E-state index in [4.69, 9.17) is 15.2 Å². The first kappa shape index (κ1) is 16.7. The number of nitrogen functional groups attached to an aromatic ring is 1. The van der Waals surface area contributed by atoms with Gasteiger partial charge in [-0.25, -0.2) is 0 Å². The van der Waals surface area contributed by atoms with Crippen LogP contribution in [0.2, 0.25) is 0 Å². The van der Waals surface area contributed by atoms with Gasteiger partial charge in [0.15, 0.2) is 0 Å². The zero-order chi connectivity index (χ0) is 16.5. The minimum Gasteiger partial charge on any atom is -0.497 e. The SMILES string of the molecule is COc1ccc(CNC(=O)CCCOc2ccccc2N)cc1. The van der Waals surface area contributed by atoms with Crippen LogP contribution < -0.4 is 20.5 Å². The number of benzene rings is 2. The van der Waals surface area contributed by atoms with Crippen LogP contribution >= 0.6 is 0 Å². The van der Waals surface area contributed by atoms with Crippen LogP contribution in [0.15, 0.2) is 48.5 Å². The average Bonchev–Trinajstić information content (AvgIpc) is 2.59. The lowest BCUT2D eigenvalue weighted by Crippen LogP contribution is -2.22. The van der Waals surface area contributed by atoms with Gasteiger partial charge in [-0.2, -0.15) is 0 Å². The van der Waals surface area contributed by atoms with E-state index in [0.717, 1.165) is 11.3 Å². The molecule has 0 fully saturated rings. The molecule has 0 atom stereocenters. The highest BCUT2D eigenvalue weighted by Gasteiger charge is 2.03. The third kappa shape index (κ3) is 5.54. The monoisotopic (exact) mass is 314 g/mol. The van der Waals surface area contributed by atoms with E-state index in [-0.39, 0.29) is 5.91 Å². The molecule has 2 aromatic carbocycles. The summed E-state index contributed by atoms with van der Waals surface area (Å²) < 4.78 is 10.7. The van der Waals surface area contributed by atoms with Crippen LogP contribution in [0.25, 0.3) is 0 Å². The Kier molecular flexibility index (Phi) is 6.29. The zero-order valence-electron chi connectivity index (χ0n) is 13.2. The van der Waals surface area contributed by atoms with Crippen molar-refractivity contribution in [3.63, 3.8) is 0 Å². The highest BCUT2D eigenvalue weighted by molar-refractivity contribution is 5.75. The fraction of sp³-hybridized carbons (Fsp3) is 0.278. The van der Waals surface area contributed by atoms with Crippen LogP contribution in [-0.2, 0) is 11.3 Å². The fourth-order valence-electron chi connectivity index (χ4n) is 2.06. The molecule has 23 heavy (non-hydrogen) atoms. The number of anilines is 1. The number of amides is 1. The quantitative estimate of drug-likeness (QED) is 0.580. The number of hydrogen-bond donors (Lipinski definition) is 2. The highest BCUT2D eigenvalue weighted by Crippen LogP contribution is 2.19. The molecule has 5 nitrogen and oxygen atoms in total. The van der Waals surface area contributed by atoms with E-state index in [1.807, 2.05) is 42.5 Å². The Labute approximate surface area is 136 Å². The molecule has 0 aromatic heterocycles. The largest absolute Gasteiger partial charge is 0.497 e.